The Hall–Kier alpha value is 0.110. The molecule has 2 aliphatic carbocycles. The number of hydrogen-bond acceptors (Lipinski definition) is 2. The lowest BCUT2D eigenvalue weighted by molar-refractivity contribution is 0.446. The van der Waals surface area contributed by atoms with E-state index in [0.717, 1.165) is 12.8 Å². The molecule has 0 saturated heterocycles. The molecule has 0 heterocycles. The monoisotopic (exact) mass is 257 g/mol. The molecule has 3 unspecified atom stereocenters. The zero-order chi connectivity index (χ0) is 12.1. The Morgan fingerprint density at radius 2 is 1.29 bits per heavy atom. The lowest BCUT2D eigenvalue weighted by Gasteiger charge is -2.31. The quantitative estimate of drug-likeness (QED) is 0.826. The van der Waals surface area contributed by atoms with Crippen LogP contribution in [0.5, 0.6) is 0 Å². The third-order valence-corrected chi connectivity index (χ3v) is 6.74. The van der Waals surface area contributed by atoms with Gasteiger partial charge in [0, 0.05) is 22.1 Å². The van der Waals surface area contributed by atoms with Gasteiger partial charge in [-0.05, 0) is 25.7 Å². The molecule has 2 N–H and O–H groups in total. The van der Waals surface area contributed by atoms with E-state index in [0.29, 0.717) is 10.5 Å². The topological polar surface area (TPSA) is 43.1 Å². The number of nitrogens with two attached hydrogens (primary N) is 1. The van der Waals surface area contributed by atoms with Crippen molar-refractivity contribution in [2.24, 2.45) is 5.73 Å². The molecule has 17 heavy (non-hydrogen) atoms. The van der Waals surface area contributed by atoms with Crippen LogP contribution in [0, 0.1) is 0 Å². The number of rotatable bonds is 2. The molecule has 0 aromatic heterocycles. The fourth-order valence-corrected chi connectivity index (χ4v) is 5.48. The highest BCUT2D eigenvalue weighted by atomic mass is 32.2. The highest BCUT2D eigenvalue weighted by Crippen LogP contribution is 2.28. The van der Waals surface area contributed by atoms with Gasteiger partial charge in [-0.2, -0.15) is 0 Å². The third-order valence-electron chi connectivity index (χ3n) is 4.43. The van der Waals surface area contributed by atoms with Crippen LogP contribution in [-0.2, 0) is 10.8 Å². The van der Waals surface area contributed by atoms with Gasteiger partial charge in [0.05, 0.1) is 5.25 Å². The molecular formula is C14H27NOS. The Morgan fingerprint density at radius 1 is 0.765 bits per heavy atom. The second-order valence-electron chi connectivity index (χ2n) is 5.78. The maximum absolute atomic E-state index is 12.7. The van der Waals surface area contributed by atoms with Crippen LogP contribution in [0.1, 0.15) is 70.6 Å². The molecule has 0 radical (unpaired) electrons. The summed E-state index contributed by atoms with van der Waals surface area (Å²) in [5.74, 6) is 0. The van der Waals surface area contributed by atoms with E-state index >= 15 is 0 Å². The third kappa shape index (κ3) is 3.78. The largest absolute Gasteiger partial charge is 0.327 e. The standard InChI is InChI=1S/C14H27NOS/c15-13-10-6-1-2-7-11-14(13)17(16)12-8-4-3-5-9-12/h12-14H,1-11,15H2. The smallest absolute Gasteiger partial charge is 0.0501 e. The van der Waals surface area contributed by atoms with Crippen LogP contribution in [0.15, 0.2) is 0 Å². The van der Waals surface area contributed by atoms with Gasteiger partial charge in [-0.3, -0.25) is 4.21 Å². The van der Waals surface area contributed by atoms with Crippen LogP contribution in [0.25, 0.3) is 0 Å². The Morgan fingerprint density at radius 3 is 2.00 bits per heavy atom. The lowest BCUT2D eigenvalue weighted by atomic mass is 9.97. The summed E-state index contributed by atoms with van der Waals surface area (Å²) in [6.07, 6.45) is 13.5. The molecule has 0 aromatic rings. The van der Waals surface area contributed by atoms with E-state index in [1.54, 1.807) is 0 Å². The van der Waals surface area contributed by atoms with Gasteiger partial charge in [0.15, 0.2) is 0 Å². The van der Waals surface area contributed by atoms with Crippen molar-refractivity contribution in [3.8, 4) is 0 Å². The summed E-state index contributed by atoms with van der Waals surface area (Å²) in [5, 5.41) is 0.748. The lowest BCUT2D eigenvalue weighted by Crippen LogP contribution is -2.42. The van der Waals surface area contributed by atoms with E-state index in [-0.39, 0.29) is 6.04 Å². The fourth-order valence-electron chi connectivity index (χ4n) is 3.31. The van der Waals surface area contributed by atoms with E-state index in [1.165, 1.54) is 57.8 Å². The van der Waals surface area contributed by atoms with Crippen molar-refractivity contribution in [1.29, 1.82) is 0 Å². The van der Waals surface area contributed by atoms with Crippen molar-refractivity contribution in [2.75, 3.05) is 0 Å². The number of hydrogen-bond donors (Lipinski definition) is 1. The average molecular weight is 257 g/mol. The van der Waals surface area contributed by atoms with Gasteiger partial charge < -0.3 is 5.73 Å². The highest BCUT2D eigenvalue weighted by Gasteiger charge is 2.30. The molecule has 0 bridgehead atoms. The molecule has 3 atom stereocenters. The minimum atomic E-state index is -0.667. The summed E-state index contributed by atoms with van der Waals surface area (Å²) < 4.78 is 12.7. The van der Waals surface area contributed by atoms with E-state index in [9.17, 15) is 4.21 Å². The Labute approximate surface area is 108 Å². The molecular weight excluding hydrogens is 230 g/mol. The first-order valence-electron chi connectivity index (χ1n) is 7.44. The van der Waals surface area contributed by atoms with E-state index in [1.807, 2.05) is 0 Å². The van der Waals surface area contributed by atoms with Crippen molar-refractivity contribution < 1.29 is 4.21 Å². The second-order valence-corrected chi connectivity index (χ2v) is 7.71. The maximum atomic E-state index is 12.7. The molecule has 2 aliphatic rings. The summed E-state index contributed by atoms with van der Waals surface area (Å²) in [7, 11) is -0.667. The molecule has 100 valence electrons. The molecule has 2 rings (SSSR count). The van der Waals surface area contributed by atoms with Crippen molar-refractivity contribution in [3.05, 3.63) is 0 Å². The van der Waals surface area contributed by atoms with Gasteiger partial charge in [-0.1, -0.05) is 44.9 Å². The van der Waals surface area contributed by atoms with Crippen molar-refractivity contribution in [3.63, 3.8) is 0 Å². The van der Waals surface area contributed by atoms with Crippen LogP contribution in [0.4, 0.5) is 0 Å². The average Bonchev–Trinajstić information content (AvgIpc) is 2.35. The molecule has 2 fully saturated rings. The van der Waals surface area contributed by atoms with Gasteiger partial charge in [-0.15, -0.1) is 0 Å². The van der Waals surface area contributed by atoms with Gasteiger partial charge in [0.1, 0.15) is 0 Å². The molecule has 0 spiro atoms. The van der Waals surface area contributed by atoms with Crippen LogP contribution in [0.2, 0.25) is 0 Å². The van der Waals surface area contributed by atoms with Crippen LogP contribution >= 0.6 is 0 Å². The van der Waals surface area contributed by atoms with E-state index in [4.69, 9.17) is 5.73 Å². The van der Waals surface area contributed by atoms with E-state index < -0.39 is 10.8 Å². The summed E-state index contributed by atoms with van der Waals surface area (Å²) >= 11 is 0. The first-order chi connectivity index (χ1) is 8.29. The zero-order valence-electron chi connectivity index (χ0n) is 10.9. The minimum Gasteiger partial charge on any atom is -0.327 e. The van der Waals surface area contributed by atoms with Crippen LogP contribution in [0.3, 0.4) is 0 Å². The predicted octanol–water partition coefficient (Wildman–Crippen LogP) is 3.12. The van der Waals surface area contributed by atoms with Crippen molar-refractivity contribution in [1.82, 2.24) is 0 Å². The van der Waals surface area contributed by atoms with Gasteiger partial charge in [0.25, 0.3) is 0 Å². The van der Waals surface area contributed by atoms with Crippen molar-refractivity contribution in [2.45, 2.75) is 87.2 Å². The molecule has 0 amide bonds. The zero-order valence-corrected chi connectivity index (χ0v) is 11.7. The second kappa shape index (κ2) is 6.89. The van der Waals surface area contributed by atoms with Crippen LogP contribution < -0.4 is 5.73 Å². The SMILES string of the molecule is NC1CCCCCCC1S(=O)C1CCCCC1. The molecule has 2 nitrogen and oxygen atoms in total. The van der Waals surface area contributed by atoms with Gasteiger partial charge in [0.2, 0.25) is 0 Å². The molecule has 0 aliphatic heterocycles. The predicted molar refractivity (Wildman–Crippen MR) is 74.5 cm³/mol. The Kier molecular flexibility index (Phi) is 5.49. The summed E-state index contributed by atoms with van der Waals surface area (Å²) in [4.78, 5) is 0. The fraction of sp³-hybridized carbons (Fsp3) is 1.00. The van der Waals surface area contributed by atoms with E-state index in [2.05, 4.69) is 0 Å². The summed E-state index contributed by atoms with van der Waals surface area (Å²) in [6, 6.07) is 0.193. The Balaban J connectivity index is 1.94. The van der Waals surface area contributed by atoms with Crippen molar-refractivity contribution >= 4 is 10.8 Å². The Bertz CT molecular complexity index is 251. The minimum absolute atomic E-state index is 0.193. The summed E-state index contributed by atoms with van der Waals surface area (Å²) in [5.41, 5.74) is 6.26. The first kappa shape index (κ1) is 13.5. The first-order valence-corrected chi connectivity index (χ1v) is 8.71. The molecule has 3 heteroatoms. The van der Waals surface area contributed by atoms with Gasteiger partial charge >= 0.3 is 0 Å². The molecule has 2 saturated carbocycles. The molecule has 0 aromatic carbocycles. The normalized spacial score (nSPS) is 34.9. The maximum Gasteiger partial charge on any atom is 0.0501 e. The van der Waals surface area contributed by atoms with Gasteiger partial charge in [-0.25, -0.2) is 0 Å². The highest BCUT2D eigenvalue weighted by molar-refractivity contribution is 7.86. The van der Waals surface area contributed by atoms with Crippen LogP contribution in [-0.4, -0.2) is 20.8 Å². The summed E-state index contributed by atoms with van der Waals surface area (Å²) in [6.45, 7) is 0.